The zero-order valence-corrected chi connectivity index (χ0v) is 12.7. The van der Waals surface area contributed by atoms with Crippen molar-refractivity contribution in [1.29, 1.82) is 0 Å². The number of aromatic nitrogens is 2. The van der Waals surface area contributed by atoms with Crippen LogP contribution >= 0.6 is 0 Å². The van der Waals surface area contributed by atoms with Crippen molar-refractivity contribution in [2.45, 2.75) is 57.9 Å². The quantitative estimate of drug-likeness (QED) is 0.925. The molecule has 0 saturated heterocycles. The number of hydrogen-bond acceptors (Lipinski definition) is 2. The molecule has 1 N–H and O–H groups in total. The normalized spacial score (nSPS) is 17.4. The lowest BCUT2D eigenvalue weighted by Gasteiger charge is -2.29. The zero-order chi connectivity index (χ0) is 15.0. The fourth-order valence-electron chi connectivity index (χ4n) is 3.61. The van der Waals surface area contributed by atoms with Crippen LogP contribution in [0, 0.1) is 0 Å². The highest BCUT2D eigenvalue weighted by Crippen LogP contribution is 2.39. The Hall–Kier alpha value is -1.84. The summed E-state index contributed by atoms with van der Waals surface area (Å²) >= 11 is 0. The highest BCUT2D eigenvalue weighted by atomic mass is 16.4. The Labute approximate surface area is 124 Å². The fourth-order valence-corrected chi connectivity index (χ4v) is 3.61. The minimum absolute atomic E-state index is 0.0797. The summed E-state index contributed by atoms with van der Waals surface area (Å²) in [5.41, 5.74) is 2.31. The Morgan fingerprint density at radius 3 is 2.71 bits per heavy atom. The topological polar surface area (TPSA) is 55.1 Å². The van der Waals surface area contributed by atoms with Crippen LogP contribution in [0.25, 0.3) is 11.0 Å². The maximum absolute atomic E-state index is 11.3. The molecule has 0 spiro atoms. The fraction of sp³-hybridized carbons (Fsp3) is 0.529. The minimum atomic E-state index is -0.877. The van der Waals surface area contributed by atoms with E-state index in [1.807, 2.05) is 6.07 Å². The molecule has 3 rings (SSSR count). The molecule has 4 nitrogen and oxygen atoms in total. The molecule has 1 heterocycles. The second kappa shape index (κ2) is 5.17. The Morgan fingerprint density at radius 1 is 1.38 bits per heavy atom. The number of fused-ring (bicyclic) bond motifs is 1. The van der Waals surface area contributed by atoms with Crippen molar-refractivity contribution in [3.8, 4) is 0 Å². The smallest absolute Gasteiger partial charge is 0.335 e. The number of carbonyl (C=O) groups is 1. The van der Waals surface area contributed by atoms with E-state index >= 15 is 0 Å². The molecule has 0 bridgehead atoms. The summed E-state index contributed by atoms with van der Waals surface area (Å²) in [5, 5.41) is 9.25. The molecule has 1 saturated carbocycles. The van der Waals surface area contributed by atoms with Gasteiger partial charge in [0.15, 0.2) is 0 Å². The van der Waals surface area contributed by atoms with Gasteiger partial charge in [0.2, 0.25) is 0 Å². The van der Waals surface area contributed by atoms with Crippen molar-refractivity contribution in [2.75, 3.05) is 0 Å². The van der Waals surface area contributed by atoms with Gasteiger partial charge >= 0.3 is 5.97 Å². The molecule has 21 heavy (non-hydrogen) atoms. The third-order valence-corrected chi connectivity index (χ3v) is 4.67. The Kier molecular flexibility index (Phi) is 3.47. The average Bonchev–Trinajstić information content (AvgIpc) is 3.02. The first-order chi connectivity index (χ1) is 10.0. The maximum Gasteiger partial charge on any atom is 0.335 e. The number of carboxylic acid groups (broad SMARTS) is 1. The van der Waals surface area contributed by atoms with Crippen LogP contribution in [0.1, 0.15) is 62.1 Å². The second-order valence-corrected chi connectivity index (χ2v) is 6.33. The molecule has 4 heteroatoms. The lowest BCUT2D eigenvalue weighted by molar-refractivity contribution is 0.0697. The number of rotatable bonds is 4. The SMILES string of the molecule is CCCc1nc2ccc(C(=O)O)cc2n1C1(C)CCCC1. The van der Waals surface area contributed by atoms with E-state index in [1.165, 1.54) is 12.8 Å². The predicted octanol–water partition coefficient (Wildman–Crippen LogP) is 3.98. The molecule has 0 amide bonds. The summed E-state index contributed by atoms with van der Waals surface area (Å²) < 4.78 is 2.32. The van der Waals surface area contributed by atoms with Gasteiger partial charge in [0.05, 0.1) is 16.6 Å². The predicted molar refractivity (Wildman–Crippen MR) is 82.8 cm³/mol. The molecule has 2 aromatic rings. The molecule has 1 aliphatic rings. The lowest BCUT2D eigenvalue weighted by atomic mass is 9.99. The molecule has 1 aromatic carbocycles. The van der Waals surface area contributed by atoms with Crippen LogP contribution in [0.3, 0.4) is 0 Å². The first-order valence-corrected chi connectivity index (χ1v) is 7.80. The zero-order valence-electron chi connectivity index (χ0n) is 12.7. The van der Waals surface area contributed by atoms with Crippen LogP contribution in [0.2, 0.25) is 0 Å². The van der Waals surface area contributed by atoms with E-state index in [-0.39, 0.29) is 5.54 Å². The molecule has 1 aliphatic carbocycles. The van der Waals surface area contributed by atoms with Crippen LogP contribution in [-0.4, -0.2) is 20.6 Å². The number of carboxylic acids is 1. The molecular weight excluding hydrogens is 264 g/mol. The van der Waals surface area contributed by atoms with Crippen molar-refractivity contribution >= 4 is 17.0 Å². The Bertz CT molecular complexity index is 681. The van der Waals surface area contributed by atoms with Gasteiger partial charge in [0.25, 0.3) is 0 Å². The van der Waals surface area contributed by atoms with Crippen LogP contribution in [-0.2, 0) is 12.0 Å². The van der Waals surface area contributed by atoms with E-state index in [9.17, 15) is 9.90 Å². The van der Waals surface area contributed by atoms with Crippen molar-refractivity contribution in [1.82, 2.24) is 9.55 Å². The van der Waals surface area contributed by atoms with Gasteiger partial charge < -0.3 is 9.67 Å². The molecule has 0 aliphatic heterocycles. The van der Waals surface area contributed by atoms with Gasteiger partial charge in [0, 0.05) is 12.0 Å². The summed E-state index contributed by atoms with van der Waals surface area (Å²) in [7, 11) is 0. The van der Waals surface area contributed by atoms with E-state index in [2.05, 4.69) is 18.4 Å². The molecule has 0 atom stereocenters. The highest BCUT2D eigenvalue weighted by Gasteiger charge is 2.33. The lowest BCUT2D eigenvalue weighted by Crippen LogP contribution is -2.28. The molecule has 0 unspecified atom stereocenters. The molecule has 0 radical (unpaired) electrons. The van der Waals surface area contributed by atoms with Crippen LogP contribution in [0.4, 0.5) is 0 Å². The Morgan fingerprint density at radius 2 is 2.10 bits per heavy atom. The van der Waals surface area contributed by atoms with Crippen molar-refractivity contribution in [3.05, 3.63) is 29.6 Å². The van der Waals surface area contributed by atoms with E-state index in [4.69, 9.17) is 4.98 Å². The van der Waals surface area contributed by atoms with Crippen LogP contribution in [0.15, 0.2) is 18.2 Å². The van der Waals surface area contributed by atoms with Gasteiger partial charge in [-0.05, 0) is 44.4 Å². The van der Waals surface area contributed by atoms with Crippen molar-refractivity contribution in [2.24, 2.45) is 0 Å². The van der Waals surface area contributed by atoms with Crippen LogP contribution in [0.5, 0.6) is 0 Å². The standard InChI is InChI=1S/C17H22N2O2/c1-3-6-15-18-13-8-7-12(16(20)21)11-14(13)19(15)17(2)9-4-5-10-17/h7-8,11H,3-6,9-10H2,1-2H3,(H,20,21). The first kappa shape index (κ1) is 14.1. The number of aromatic carboxylic acids is 1. The summed E-state index contributed by atoms with van der Waals surface area (Å²) in [6, 6.07) is 5.27. The summed E-state index contributed by atoms with van der Waals surface area (Å²) in [4.78, 5) is 16.0. The number of nitrogens with zero attached hydrogens (tertiary/aromatic N) is 2. The van der Waals surface area contributed by atoms with Crippen LogP contribution < -0.4 is 0 Å². The van der Waals surface area contributed by atoms with Gasteiger partial charge in [-0.3, -0.25) is 0 Å². The number of hydrogen-bond donors (Lipinski definition) is 1. The van der Waals surface area contributed by atoms with E-state index < -0.39 is 5.97 Å². The highest BCUT2D eigenvalue weighted by molar-refractivity contribution is 5.92. The number of imidazole rings is 1. The third-order valence-electron chi connectivity index (χ3n) is 4.67. The monoisotopic (exact) mass is 286 g/mol. The van der Waals surface area contributed by atoms with Gasteiger partial charge in [-0.25, -0.2) is 9.78 Å². The van der Waals surface area contributed by atoms with Gasteiger partial charge in [-0.15, -0.1) is 0 Å². The van der Waals surface area contributed by atoms with Crippen molar-refractivity contribution < 1.29 is 9.90 Å². The van der Waals surface area contributed by atoms with Gasteiger partial charge in [0.1, 0.15) is 5.82 Å². The van der Waals surface area contributed by atoms with Gasteiger partial charge in [-0.1, -0.05) is 19.8 Å². The van der Waals surface area contributed by atoms with E-state index in [0.29, 0.717) is 5.56 Å². The van der Waals surface area contributed by atoms with Crippen molar-refractivity contribution in [3.63, 3.8) is 0 Å². The Balaban J connectivity index is 2.23. The third kappa shape index (κ3) is 2.33. The number of benzene rings is 1. The first-order valence-electron chi connectivity index (χ1n) is 7.80. The minimum Gasteiger partial charge on any atom is -0.478 e. The molecule has 1 aromatic heterocycles. The molecule has 1 fully saturated rings. The summed E-state index contributed by atoms with van der Waals surface area (Å²) in [6.07, 6.45) is 6.75. The number of aryl methyl sites for hydroxylation is 1. The average molecular weight is 286 g/mol. The second-order valence-electron chi connectivity index (χ2n) is 6.33. The van der Waals surface area contributed by atoms with E-state index in [1.54, 1.807) is 12.1 Å². The van der Waals surface area contributed by atoms with Gasteiger partial charge in [-0.2, -0.15) is 0 Å². The van der Waals surface area contributed by atoms with E-state index in [0.717, 1.165) is 42.5 Å². The molecular formula is C17H22N2O2. The maximum atomic E-state index is 11.3. The molecule has 112 valence electrons. The largest absolute Gasteiger partial charge is 0.478 e. The summed E-state index contributed by atoms with van der Waals surface area (Å²) in [5.74, 6) is 0.220. The summed E-state index contributed by atoms with van der Waals surface area (Å²) in [6.45, 7) is 4.44.